The summed E-state index contributed by atoms with van der Waals surface area (Å²) in [7, 11) is 1.93. The number of carbonyl (C=O) groups excluding carboxylic acids is 1. The highest BCUT2D eigenvalue weighted by atomic mass is 16.2. The fourth-order valence-electron chi connectivity index (χ4n) is 4.59. The first kappa shape index (κ1) is 15.2. The molecule has 1 amide bonds. The van der Waals surface area contributed by atoms with Crippen molar-refractivity contribution < 1.29 is 4.79 Å². The van der Waals surface area contributed by atoms with E-state index in [9.17, 15) is 4.79 Å². The highest BCUT2D eigenvalue weighted by Crippen LogP contribution is 2.28. The van der Waals surface area contributed by atoms with Gasteiger partial charge in [0, 0.05) is 37.8 Å². The van der Waals surface area contributed by atoms with Gasteiger partial charge in [-0.1, -0.05) is 6.42 Å². The number of hydrogen-bond acceptors (Lipinski definition) is 3. The Balaban J connectivity index is 1.44. The number of aryl methyl sites for hydroxylation is 2. The summed E-state index contributed by atoms with van der Waals surface area (Å²) < 4.78 is 1.83. The number of carbonyl (C=O) groups is 1. The number of amides is 1. The number of aromatic nitrogens is 2. The molecule has 5 nitrogen and oxygen atoms in total. The summed E-state index contributed by atoms with van der Waals surface area (Å²) in [5, 5.41) is 4.59. The van der Waals surface area contributed by atoms with Gasteiger partial charge in [-0.25, -0.2) is 0 Å². The van der Waals surface area contributed by atoms with E-state index < -0.39 is 0 Å². The molecule has 3 aliphatic rings. The van der Waals surface area contributed by atoms with E-state index in [0.29, 0.717) is 12.1 Å². The van der Waals surface area contributed by atoms with Gasteiger partial charge in [-0.2, -0.15) is 5.10 Å². The molecule has 23 heavy (non-hydrogen) atoms. The topological polar surface area (TPSA) is 41.4 Å². The Bertz CT molecular complexity index is 602. The van der Waals surface area contributed by atoms with Gasteiger partial charge in [-0.3, -0.25) is 14.4 Å². The van der Waals surface area contributed by atoms with Crippen molar-refractivity contribution in [1.82, 2.24) is 19.6 Å². The van der Waals surface area contributed by atoms with Crippen LogP contribution in [0.4, 0.5) is 0 Å². The van der Waals surface area contributed by atoms with E-state index in [1.54, 1.807) is 0 Å². The van der Waals surface area contributed by atoms with Gasteiger partial charge in [0.15, 0.2) is 0 Å². The normalized spacial score (nSPS) is 26.0. The zero-order valence-corrected chi connectivity index (χ0v) is 14.4. The number of hydrogen-bond donors (Lipinski definition) is 0. The van der Waals surface area contributed by atoms with Crippen molar-refractivity contribution in [1.29, 1.82) is 0 Å². The molecule has 0 aromatic carbocycles. The second kappa shape index (κ2) is 5.93. The molecule has 4 rings (SSSR count). The Hall–Kier alpha value is -1.36. The third-order valence-corrected chi connectivity index (χ3v) is 5.99. The van der Waals surface area contributed by atoms with E-state index in [-0.39, 0.29) is 5.91 Å². The van der Waals surface area contributed by atoms with E-state index in [0.717, 1.165) is 37.3 Å². The first-order chi connectivity index (χ1) is 11.1. The quantitative estimate of drug-likeness (QED) is 0.838. The Morgan fingerprint density at radius 3 is 2.70 bits per heavy atom. The van der Waals surface area contributed by atoms with Gasteiger partial charge in [0.25, 0.3) is 5.91 Å². The van der Waals surface area contributed by atoms with Crippen LogP contribution in [0.5, 0.6) is 0 Å². The molecule has 5 heteroatoms. The maximum absolute atomic E-state index is 12.9. The minimum atomic E-state index is 0.198. The number of nitrogens with zero attached hydrogens (tertiary/aromatic N) is 4. The van der Waals surface area contributed by atoms with E-state index in [1.165, 1.54) is 44.2 Å². The highest BCUT2D eigenvalue weighted by molar-refractivity contribution is 5.95. The average Bonchev–Trinajstić information content (AvgIpc) is 2.83. The molecule has 1 aliphatic carbocycles. The smallest absolute Gasteiger partial charge is 0.272 e. The summed E-state index contributed by atoms with van der Waals surface area (Å²) in [6.45, 7) is 5.32. The number of piperidine rings is 1. The summed E-state index contributed by atoms with van der Waals surface area (Å²) in [6.07, 6.45) is 8.41. The van der Waals surface area contributed by atoms with Crippen molar-refractivity contribution in [3.63, 3.8) is 0 Å². The van der Waals surface area contributed by atoms with E-state index in [2.05, 4.69) is 16.9 Å². The Morgan fingerprint density at radius 2 is 1.91 bits per heavy atom. The lowest BCUT2D eigenvalue weighted by molar-refractivity contribution is 0.00148. The minimum absolute atomic E-state index is 0.198. The van der Waals surface area contributed by atoms with Crippen LogP contribution in [-0.4, -0.2) is 57.2 Å². The van der Waals surface area contributed by atoms with Crippen LogP contribution in [0.2, 0.25) is 0 Å². The SMILES string of the molecule is C[C@H]1CCCCN1C1CN(C(=O)c2c3c(nn2C)CCCC3)C1. The molecular formula is C18H28N4O. The Kier molecular flexibility index (Phi) is 3.92. The molecule has 0 unspecified atom stereocenters. The highest BCUT2D eigenvalue weighted by Gasteiger charge is 2.39. The van der Waals surface area contributed by atoms with Gasteiger partial charge in [-0.15, -0.1) is 0 Å². The maximum atomic E-state index is 12.9. The molecule has 2 fully saturated rings. The second-order valence-corrected chi connectivity index (χ2v) is 7.55. The Labute approximate surface area is 138 Å². The molecule has 0 N–H and O–H groups in total. The number of likely N-dealkylation sites (tertiary alicyclic amines) is 2. The molecule has 0 radical (unpaired) electrons. The van der Waals surface area contributed by atoms with E-state index >= 15 is 0 Å². The summed E-state index contributed by atoms with van der Waals surface area (Å²) in [5.41, 5.74) is 3.23. The molecule has 1 atom stereocenters. The minimum Gasteiger partial charge on any atom is -0.334 e. The van der Waals surface area contributed by atoms with Crippen LogP contribution in [-0.2, 0) is 19.9 Å². The van der Waals surface area contributed by atoms with Crippen LogP contribution >= 0.6 is 0 Å². The maximum Gasteiger partial charge on any atom is 0.272 e. The van der Waals surface area contributed by atoms with Crippen molar-refractivity contribution in [3.05, 3.63) is 17.0 Å². The van der Waals surface area contributed by atoms with Gasteiger partial charge < -0.3 is 4.90 Å². The molecular weight excluding hydrogens is 288 g/mol. The zero-order valence-electron chi connectivity index (χ0n) is 14.4. The van der Waals surface area contributed by atoms with Gasteiger partial charge >= 0.3 is 0 Å². The molecule has 2 aliphatic heterocycles. The first-order valence-electron chi connectivity index (χ1n) is 9.25. The van der Waals surface area contributed by atoms with Gasteiger partial charge in [0.2, 0.25) is 0 Å². The van der Waals surface area contributed by atoms with Crippen LogP contribution in [0.15, 0.2) is 0 Å². The second-order valence-electron chi connectivity index (χ2n) is 7.55. The van der Waals surface area contributed by atoms with Crippen molar-refractivity contribution in [2.24, 2.45) is 7.05 Å². The van der Waals surface area contributed by atoms with E-state index in [1.807, 2.05) is 16.6 Å². The lowest BCUT2D eigenvalue weighted by Gasteiger charge is -2.49. The van der Waals surface area contributed by atoms with Crippen molar-refractivity contribution in [3.8, 4) is 0 Å². The van der Waals surface area contributed by atoms with Crippen molar-refractivity contribution in [2.45, 2.75) is 64.0 Å². The average molecular weight is 316 g/mol. The van der Waals surface area contributed by atoms with E-state index in [4.69, 9.17) is 0 Å². The summed E-state index contributed by atoms with van der Waals surface area (Å²) in [4.78, 5) is 17.6. The molecule has 0 saturated carbocycles. The van der Waals surface area contributed by atoms with Crippen molar-refractivity contribution >= 4 is 5.91 Å². The molecule has 0 spiro atoms. The fraction of sp³-hybridized carbons (Fsp3) is 0.778. The Morgan fingerprint density at radius 1 is 1.13 bits per heavy atom. The molecule has 2 saturated heterocycles. The molecule has 3 heterocycles. The molecule has 0 bridgehead atoms. The number of fused-ring (bicyclic) bond motifs is 1. The van der Waals surface area contributed by atoms with Crippen LogP contribution in [0.1, 0.15) is 60.8 Å². The molecule has 1 aromatic rings. The number of rotatable bonds is 2. The van der Waals surface area contributed by atoms with Gasteiger partial charge in [0.05, 0.1) is 5.69 Å². The lowest BCUT2D eigenvalue weighted by atomic mass is 9.94. The van der Waals surface area contributed by atoms with Crippen LogP contribution < -0.4 is 0 Å². The van der Waals surface area contributed by atoms with Crippen molar-refractivity contribution in [2.75, 3.05) is 19.6 Å². The summed E-state index contributed by atoms with van der Waals surface area (Å²) >= 11 is 0. The summed E-state index contributed by atoms with van der Waals surface area (Å²) in [6, 6.07) is 1.24. The van der Waals surface area contributed by atoms with Gasteiger partial charge in [0.1, 0.15) is 5.69 Å². The van der Waals surface area contributed by atoms with Gasteiger partial charge in [-0.05, 0) is 52.0 Å². The first-order valence-corrected chi connectivity index (χ1v) is 9.25. The third-order valence-electron chi connectivity index (χ3n) is 5.99. The monoisotopic (exact) mass is 316 g/mol. The lowest BCUT2D eigenvalue weighted by Crippen LogP contribution is -2.63. The summed E-state index contributed by atoms with van der Waals surface area (Å²) in [5.74, 6) is 0.198. The van der Waals surface area contributed by atoms with Crippen LogP contribution in [0.25, 0.3) is 0 Å². The fourth-order valence-corrected chi connectivity index (χ4v) is 4.59. The largest absolute Gasteiger partial charge is 0.334 e. The standard InChI is InChI=1S/C18H28N4O/c1-13-7-5-6-10-22(13)14-11-21(12-14)18(23)17-15-8-3-4-9-16(15)19-20(17)2/h13-14H,3-12H2,1-2H3/t13-/m0/s1. The molecule has 126 valence electrons. The predicted octanol–water partition coefficient (Wildman–Crippen LogP) is 2.00. The van der Waals surface area contributed by atoms with Crippen LogP contribution in [0.3, 0.4) is 0 Å². The van der Waals surface area contributed by atoms with Crippen LogP contribution in [0, 0.1) is 0 Å². The zero-order chi connectivity index (χ0) is 16.0. The third kappa shape index (κ3) is 2.59. The molecule has 1 aromatic heterocycles. The predicted molar refractivity (Wildman–Crippen MR) is 89.6 cm³/mol.